The van der Waals surface area contributed by atoms with Crippen molar-refractivity contribution in [3.05, 3.63) is 51.9 Å². The van der Waals surface area contributed by atoms with Crippen LogP contribution in [0.25, 0.3) is 0 Å². The molecule has 8 heteroatoms. The SMILES string of the molecule is CC(=O)c1cc(C2(C)CC(c3c(C)noc3C)SC(N)=N2)c(F)cc1F. The largest absolute Gasteiger partial charge is 0.378 e. The number of Topliss-reactive ketones (excluding diaryl/α,β-unsaturated/α-hetero) is 1. The van der Waals surface area contributed by atoms with Crippen molar-refractivity contribution in [1.82, 2.24) is 5.16 Å². The third-order valence-electron chi connectivity index (χ3n) is 4.63. The lowest BCUT2D eigenvalue weighted by molar-refractivity contribution is 0.101. The van der Waals surface area contributed by atoms with Crippen molar-refractivity contribution in [2.24, 2.45) is 10.7 Å². The number of aliphatic imine (C=N–C) groups is 1. The fourth-order valence-electron chi connectivity index (χ4n) is 3.38. The number of aryl methyl sites for hydroxylation is 2. The zero-order chi connectivity index (χ0) is 19.2. The Balaban J connectivity index is 2.11. The Hall–Kier alpha value is -2.22. The molecule has 3 rings (SSSR count). The van der Waals surface area contributed by atoms with Gasteiger partial charge in [0.25, 0.3) is 0 Å². The van der Waals surface area contributed by atoms with Gasteiger partial charge in [0.05, 0.1) is 16.8 Å². The summed E-state index contributed by atoms with van der Waals surface area (Å²) in [5.41, 5.74) is 6.59. The Morgan fingerprint density at radius 2 is 2.04 bits per heavy atom. The van der Waals surface area contributed by atoms with Gasteiger partial charge in [-0.15, -0.1) is 0 Å². The Kier molecular flexibility index (Phi) is 4.64. The van der Waals surface area contributed by atoms with Crippen LogP contribution in [0.15, 0.2) is 21.6 Å². The molecule has 138 valence electrons. The molecule has 26 heavy (non-hydrogen) atoms. The number of hydrogen-bond donors (Lipinski definition) is 1. The highest BCUT2D eigenvalue weighted by Crippen LogP contribution is 2.48. The Morgan fingerprint density at radius 3 is 2.62 bits per heavy atom. The summed E-state index contributed by atoms with van der Waals surface area (Å²) in [6.45, 7) is 6.61. The van der Waals surface area contributed by atoms with Gasteiger partial charge in [0.15, 0.2) is 11.0 Å². The maximum atomic E-state index is 14.6. The average molecular weight is 379 g/mol. The first-order chi connectivity index (χ1) is 12.1. The molecule has 0 saturated carbocycles. The molecule has 0 amide bonds. The van der Waals surface area contributed by atoms with Gasteiger partial charge in [0, 0.05) is 22.4 Å². The normalized spacial score (nSPS) is 23.0. The number of thioether (sulfide) groups is 1. The number of nitrogens with two attached hydrogens (primary N) is 1. The van der Waals surface area contributed by atoms with Crippen molar-refractivity contribution >= 4 is 22.7 Å². The fraction of sp³-hybridized carbons (Fsp3) is 0.389. The summed E-state index contributed by atoms with van der Waals surface area (Å²) < 4.78 is 33.7. The molecule has 0 spiro atoms. The number of nitrogens with zero attached hydrogens (tertiary/aromatic N) is 2. The zero-order valence-corrected chi connectivity index (χ0v) is 15.7. The van der Waals surface area contributed by atoms with E-state index in [1.54, 1.807) is 6.92 Å². The molecule has 2 heterocycles. The minimum atomic E-state index is -1.04. The first kappa shape index (κ1) is 18.6. The van der Waals surface area contributed by atoms with E-state index in [0.29, 0.717) is 12.2 Å². The van der Waals surface area contributed by atoms with Gasteiger partial charge in [-0.05, 0) is 40.2 Å². The monoisotopic (exact) mass is 379 g/mol. The lowest BCUT2D eigenvalue weighted by Gasteiger charge is -2.35. The number of halogens is 2. The van der Waals surface area contributed by atoms with Crippen molar-refractivity contribution in [3.8, 4) is 0 Å². The molecular formula is C18H19F2N3O2S. The lowest BCUT2D eigenvalue weighted by atomic mass is 9.84. The highest BCUT2D eigenvalue weighted by molar-refractivity contribution is 8.14. The summed E-state index contributed by atoms with van der Waals surface area (Å²) in [6.07, 6.45) is 0.404. The second-order valence-electron chi connectivity index (χ2n) is 6.64. The summed E-state index contributed by atoms with van der Waals surface area (Å²) in [6, 6.07) is 1.97. The summed E-state index contributed by atoms with van der Waals surface area (Å²) >= 11 is 1.35. The lowest BCUT2D eigenvalue weighted by Crippen LogP contribution is -2.32. The van der Waals surface area contributed by atoms with Crippen LogP contribution >= 0.6 is 11.8 Å². The molecule has 5 nitrogen and oxygen atoms in total. The van der Waals surface area contributed by atoms with Crippen molar-refractivity contribution < 1.29 is 18.1 Å². The van der Waals surface area contributed by atoms with Crippen LogP contribution in [0.4, 0.5) is 8.78 Å². The number of ketones is 1. The van der Waals surface area contributed by atoms with E-state index in [9.17, 15) is 13.6 Å². The van der Waals surface area contributed by atoms with E-state index in [4.69, 9.17) is 10.3 Å². The fourth-order valence-corrected chi connectivity index (χ4v) is 4.78. The van der Waals surface area contributed by atoms with E-state index in [0.717, 1.165) is 17.3 Å². The summed E-state index contributed by atoms with van der Waals surface area (Å²) in [5, 5.41) is 4.11. The summed E-state index contributed by atoms with van der Waals surface area (Å²) in [5.74, 6) is -1.44. The third-order valence-corrected chi connectivity index (χ3v) is 5.65. The second-order valence-corrected chi connectivity index (χ2v) is 7.86. The molecule has 0 bridgehead atoms. The number of aromatic nitrogens is 1. The van der Waals surface area contributed by atoms with Gasteiger partial charge in [-0.3, -0.25) is 9.79 Å². The minimum Gasteiger partial charge on any atom is -0.378 e. The number of carbonyl (C=O) groups excluding carboxylic acids is 1. The maximum absolute atomic E-state index is 14.6. The van der Waals surface area contributed by atoms with Gasteiger partial charge < -0.3 is 10.3 Å². The predicted molar refractivity (Wildman–Crippen MR) is 96.3 cm³/mol. The molecule has 1 aliphatic heterocycles. The number of hydrogen-bond acceptors (Lipinski definition) is 6. The van der Waals surface area contributed by atoms with Gasteiger partial charge >= 0.3 is 0 Å². The molecule has 0 fully saturated rings. The molecule has 0 saturated heterocycles. The second kappa shape index (κ2) is 6.50. The van der Waals surface area contributed by atoms with E-state index in [1.807, 2.05) is 13.8 Å². The van der Waals surface area contributed by atoms with Crippen LogP contribution in [0, 0.1) is 25.5 Å². The van der Waals surface area contributed by atoms with Gasteiger partial charge in [0.1, 0.15) is 17.4 Å². The molecule has 2 aromatic rings. The van der Waals surface area contributed by atoms with E-state index >= 15 is 0 Å². The van der Waals surface area contributed by atoms with Crippen molar-refractivity contribution in [3.63, 3.8) is 0 Å². The smallest absolute Gasteiger partial charge is 0.162 e. The topological polar surface area (TPSA) is 81.5 Å². The minimum absolute atomic E-state index is 0.143. The van der Waals surface area contributed by atoms with Crippen LogP contribution in [0.5, 0.6) is 0 Å². The van der Waals surface area contributed by atoms with Crippen LogP contribution in [0.3, 0.4) is 0 Å². The van der Waals surface area contributed by atoms with Crippen molar-refractivity contribution in [2.45, 2.75) is 44.9 Å². The molecule has 0 aliphatic carbocycles. The zero-order valence-electron chi connectivity index (χ0n) is 14.9. The van der Waals surface area contributed by atoms with Crippen LogP contribution in [-0.2, 0) is 5.54 Å². The van der Waals surface area contributed by atoms with Crippen LogP contribution in [-0.4, -0.2) is 16.1 Å². The summed E-state index contributed by atoms with van der Waals surface area (Å²) in [4.78, 5) is 16.1. The molecule has 2 unspecified atom stereocenters. The predicted octanol–water partition coefficient (Wildman–Crippen LogP) is 4.18. The first-order valence-corrected chi connectivity index (χ1v) is 8.95. The molecule has 2 N–H and O–H groups in total. The molecule has 1 aromatic carbocycles. The number of amidine groups is 1. The molecule has 1 aliphatic rings. The van der Waals surface area contributed by atoms with Gasteiger partial charge in [0.2, 0.25) is 0 Å². The molecule has 2 atom stereocenters. The maximum Gasteiger partial charge on any atom is 0.162 e. The van der Waals surface area contributed by atoms with Gasteiger partial charge in [-0.25, -0.2) is 8.78 Å². The summed E-state index contributed by atoms with van der Waals surface area (Å²) in [7, 11) is 0. The highest BCUT2D eigenvalue weighted by Gasteiger charge is 2.39. The standard InChI is InChI=1S/C18H19F2N3O2S/c1-8-16(10(3)25-23-8)15-7-18(4,22-17(21)26-15)12-5-11(9(2)24)13(19)6-14(12)20/h5-6,15H,7H2,1-4H3,(H2,21,22). The Morgan fingerprint density at radius 1 is 1.35 bits per heavy atom. The van der Waals surface area contributed by atoms with Crippen LogP contribution < -0.4 is 5.73 Å². The molecule has 1 aromatic heterocycles. The average Bonchev–Trinajstić information content (AvgIpc) is 2.84. The van der Waals surface area contributed by atoms with E-state index in [-0.39, 0.29) is 21.5 Å². The molecular weight excluding hydrogens is 360 g/mol. The van der Waals surface area contributed by atoms with Crippen LogP contribution in [0.2, 0.25) is 0 Å². The highest BCUT2D eigenvalue weighted by atomic mass is 32.2. The van der Waals surface area contributed by atoms with Crippen LogP contribution in [0.1, 0.15) is 58.5 Å². The number of carbonyl (C=O) groups is 1. The Labute approximate surface area is 154 Å². The molecule has 0 radical (unpaired) electrons. The first-order valence-electron chi connectivity index (χ1n) is 8.07. The quantitative estimate of drug-likeness (QED) is 0.809. The van der Waals surface area contributed by atoms with Gasteiger partial charge in [-0.1, -0.05) is 16.9 Å². The van der Waals surface area contributed by atoms with Gasteiger partial charge in [-0.2, -0.15) is 0 Å². The third kappa shape index (κ3) is 3.13. The van der Waals surface area contributed by atoms with E-state index in [2.05, 4.69) is 10.1 Å². The van der Waals surface area contributed by atoms with E-state index in [1.165, 1.54) is 24.8 Å². The Bertz CT molecular complexity index is 906. The number of rotatable bonds is 3. The van der Waals surface area contributed by atoms with E-state index < -0.39 is 23.0 Å². The van der Waals surface area contributed by atoms with Crippen molar-refractivity contribution in [2.75, 3.05) is 0 Å². The van der Waals surface area contributed by atoms with Crippen molar-refractivity contribution in [1.29, 1.82) is 0 Å². The number of benzene rings is 1.